The summed E-state index contributed by atoms with van der Waals surface area (Å²) in [6, 6.07) is 11.7. The van der Waals surface area contributed by atoms with Crippen LogP contribution in [0.5, 0.6) is 0 Å². The number of sulfonamides is 1. The summed E-state index contributed by atoms with van der Waals surface area (Å²) in [5.41, 5.74) is 7.80. The van der Waals surface area contributed by atoms with Crippen LogP contribution >= 0.6 is 0 Å². The number of hydrogen-bond acceptors (Lipinski definition) is 3. The zero-order valence-electron chi connectivity index (χ0n) is 11.8. The number of nitrogens with one attached hydrogen (secondary N) is 2. The van der Waals surface area contributed by atoms with Crippen molar-refractivity contribution in [1.29, 1.82) is 5.41 Å². The first-order valence-electron chi connectivity index (χ1n) is 6.34. The van der Waals surface area contributed by atoms with E-state index in [1.54, 1.807) is 37.3 Å². The molecule has 0 atom stereocenters. The van der Waals surface area contributed by atoms with Gasteiger partial charge in [0.2, 0.25) is 0 Å². The second kappa shape index (κ2) is 5.57. The molecule has 0 bridgehead atoms. The molecule has 0 aliphatic rings. The van der Waals surface area contributed by atoms with Crippen molar-refractivity contribution in [3.05, 3.63) is 59.2 Å². The number of amidine groups is 1. The van der Waals surface area contributed by atoms with Crippen molar-refractivity contribution < 1.29 is 8.42 Å². The summed E-state index contributed by atoms with van der Waals surface area (Å²) in [6.07, 6.45) is 0. The Kier molecular flexibility index (Phi) is 3.99. The monoisotopic (exact) mass is 303 g/mol. The van der Waals surface area contributed by atoms with Crippen LogP contribution in [0.2, 0.25) is 0 Å². The van der Waals surface area contributed by atoms with E-state index in [0.29, 0.717) is 16.8 Å². The van der Waals surface area contributed by atoms with Gasteiger partial charge in [-0.2, -0.15) is 0 Å². The van der Waals surface area contributed by atoms with Gasteiger partial charge in [0.25, 0.3) is 10.0 Å². The summed E-state index contributed by atoms with van der Waals surface area (Å²) in [4.78, 5) is 0.246. The van der Waals surface area contributed by atoms with Gasteiger partial charge in [-0.3, -0.25) is 10.1 Å². The van der Waals surface area contributed by atoms with E-state index in [-0.39, 0.29) is 10.7 Å². The quantitative estimate of drug-likeness (QED) is 0.597. The Balaban J connectivity index is 2.40. The third-order valence-corrected chi connectivity index (χ3v) is 4.58. The molecule has 0 radical (unpaired) electrons. The van der Waals surface area contributed by atoms with Crippen molar-refractivity contribution in [3.8, 4) is 0 Å². The molecule has 2 aromatic carbocycles. The fourth-order valence-electron chi connectivity index (χ4n) is 1.96. The van der Waals surface area contributed by atoms with Crippen LogP contribution in [0.25, 0.3) is 0 Å². The molecule has 0 saturated heterocycles. The Hall–Kier alpha value is -2.34. The summed E-state index contributed by atoms with van der Waals surface area (Å²) in [5.74, 6) is -0.109. The van der Waals surface area contributed by atoms with Crippen molar-refractivity contribution in [2.75, 3.05) is 4.72 Å². The molecular formula is C15H17N3O2S. The van der Waals surface area contributed by atoms with Gasteiger partial charge in [-0.15, -0.1) is 0 Å². The lowest BCUT2D eigenvalue weighted by Crippen LogP contribution is -2.16. The van der Waals surface area contributed by atoms with Crippen LogP contribution in [0.3, 0.4) is 0 Å². The fourth-order valence-corrected chi connectivity index (χ4v) is 3.34. The number of hydrogen-bond donors (Lipinski definition) is 3. The minimum absolute atomic E-state index is 0.109. The predicted octanol–water partition coefficient (Wildman–Crippen LogP) is 2.39. The molecule has 0 saturated carbocycles. The van der Waals surface area contributed by atoms with E-state index in [1.165, 1.54) is 6.07 Å². The number of nitrogens with two attached hydrogens (primary N) is 1. The first-order valence-corrected chi connectivity index (χ1v) is 7.82. The molecule has 0 amide bonds. The number of aryl methyl sites for hydroxylation is 2. The van der Waals surface area contributed by atoms with E-state index in [0.717, 1.165) is 5.56 Å². The third-order valence-electron chi connectivity index (χ3n) is 3.06. The maximum absolute atomic E-state index is 12.5. The van der Waals surface area contributed by atoms with Crippen LogP contribution in [0.4, 0.5) is 5.69 Å². The van der Waals surface area contributed by atoms with Gasteiger partial charge in [-0.05, 0) is 43.2 Å². The summed E-state index contributed by atoms with van der Waals surface area (Å²) in [7, 11) is -3.67. The molecule has 2 rings (SSSR count). The number of nitrogen functional groups attached to an aromatic ring is 1. The molecule has 5 nitrogen and oxygen atoms in total. The lowest BCUT2D eigenvalue weighted by atomic mass is 10.2. The molecule has 0 spiro atoms. The summed E-state index contributed by atoms with van der Waals surface area (Å²) in [5, 5.41) is 7.39. The first-order chi connectivity index (χ1) is 9.79. The van der Waals surface area contributed by atoms with Crippen LogP contribution in [0.15, 0.2) is 47.4 Å². The number of anilines is 1. The van der Waals surface area contributed by atoms with E-state index >= 15 is 0 Å². The van der Waals surface area contributed by atoms with Crippen molar-refractivity contribution in [3.63, 3.8) is 0 Å². The highest BCUT2D eigenvalue weighted by Crippen LogP contribution is 2.21. The van der Waals surface area contributed by atoms with Crippen molar-refractivity contribution >= 4 is 21.5 Å². The third kappa shape index (κ3) is 3.41. The molecule has 4 N–H and O–H groups in total. The van der Waals surface area contributed by atoms with Gasteiger partial charge in [-0.1, -0.05) is 24.3 Å². The Morgan fingerprint density at radius 2 is 1.86 bits per heavy atom. The second-order valence-corrected chi connectivity index (χ2v) is 6.52. The smallest absolute Gasteiger partial charge is 0.262 e. The maximum atomic E-state index is 12.5. The van der Waals surface area contributed by atoms with Gasteiger partial charge in [0, 0.05) is 11.3 Å². The minimum atomic E-state index is -3.67. The van der Waals surface area contributed by atoms with E-state index in [2.05, 4.69) is 4.72 Å². The van der Waals surface area contributed by atoms with Crippen LogP contribution in [0, 0.1) is 19.3 Å². The van der Waals surface area contributed by atoms with Crippen molar-refractivity contribution in [2.24, 2.45) is 5.73 Å². The van der Waals surface area contributed by atoms with E-state index in [1.807, 2.05) is 13.0 Å². The SMILES string of the molecule is Cc1ccc(C)c(S(=O)(=O)Nc2cccc(C(=N)N)c2)c1. The first kappa shape index (κ1) is 15.1. The average molecular weight is 303 g/mol. The van der Waals surface area contributed by atoms with Gasteiger partial charge >= 0.3 is 0 Å². The molecule has 6 heteroatoms. The van der Waals surface area contributed by atoms with Gasteiger partial charge in [0.15, 0.2) is 0 Å². The van der Waals surface area contributed by atoms with Crippen LogP contribution in [0.1, 0.15) is 16.7 Å². The van der Waals surface area contributed by atoms with Gasteiger partial charge in [0.1, 0.15) is 5.84 Å². The number of rotatable bonds is 4. The Labute approximate surface area is 124 Å². The standard InChI is InChI=1S/C15H17N3O2S/c1-10-6-7-11(2)14(8-10)21(19,20)18-13-5-3-4-12(9-13)15(16)17/h3-9,18H,1-2H3,(H3,16,17). The molecule has 2 aromatic rings. The highest BCUT2D eigenvalue weighted by atomic mass is 32.2. The molecule has 0 aliphatic carbocycles. The van der Waals surface area contributed by atoms with Crippen LogP contribution in [-0.4, -0.2) is 14.3 Å². The van der Waals surface area contributed by atoms with E-state index in [9.17, 15) is 8.42 Å². The van der Waals surface area contributed by atoms with Gasteiger partial charge in [-0.25, -0.2) is 8.42 Å². The lowest BCUT2D eigenvalue weighted by molar-refractivity contribution is 0.600. The topological polar surface area (TPSA) is 96.0 Å². The highest BCUT2D eigenvalue weighted by Gasteiger charge is 2.17. The average Bonchev–Trinajstić information content (AvgIpc) is 2.41. The second-order valence-electron chi connectivity index (χ2n) is 4.87. The summed E-state index contributed by atoms with van der Waals surface area (Å²) < 4.78 is 27.4. The Bertz CT molecular complexity index is 798. The molecule has 0 unspecified atom stereocenters. The van der Waals surface area contributed by atoms with Crippen LogP contribution < -0.4 is 10.5 Å². The number of benzene rings is 2. The molecule has 21 heavy (non-hydrogen) atoms. The Morgan fingerprint density at radius 1 is 1.14 bits per heavy atom. The fraction of sp³-hybridized carbons (Fsp3) is 0.133. The summed E-state index contributed by atoms with van der Waals surface area (Å²) >= 11 is 0. The molecule has 0 aliphatic heterocycles. The van der Waals surface area contributed by atoms with Crippen molar-refractivity contribution in [1.82, 2.24) is 0 Å². The Morgan fingerprint density at radius 3 is 2.52 bits per heavy atom. The highest BCUT2D eigenvalue weighted by molar-refractivity contribution is 7.92. The van der Waals surface area contributed by atoms with Crippen molar-refractivity contribution in [2.45, 2.75) is 18.7 Å². The van der Waals surface area contributed by atoms with E-state index < -0.39 is 10.0 Å². The van der Waals surface area contributed by atoms with E-state index in [4.69, 9.17) is 11.1 Å². The molecular weight excluding hydrogens is 286 g/mol. The molecule has 0 heterocycles. The molecule has 0 aromatic heterocycles. The van der Waals surface area contributed by atoms with Crippen LogP contribution in [-0.2, 0) is 10.0 Å². The summed E-state index contributed by atoms with van der Waals surface area (Å²) in [6.45, 7) is 3.59. The normalized spacial score (nSPS) is 11.1. The van der Waals surface area contributed by atoms with Gasteiger partial charge < -0.3 is 5.73 Å². The largest absolute Gasteiger partial charge is 0.384 e. The molecule has 110 valence electrons. The minimum Gasteiger partial charge on any atom is -0.384 e. The zero-order valence-corrected chi connectivity index (χ0v) is 12.7. The maximum Gasteiger partial charge on any atom is 0.262 e. The van der Waals surface area contributed by atoms with Gasteiger partial charge in [0.05, 0.1) is 4.90 Å². The zero-order chi connectivity index (χ0) is 15.6. The predicted molar refractivity (Wildman–Crippen MR) is 84.2 cm³/mol. The molecule has 0 fully saturated rings. The lowest BCUT2D eigenvalue weighted by Gasteiger charge is -2.12.